The summed E-state index contributed by atoms with van der Waals surface area (Å²) in [7, 11) is 0. The number of fused-ring (bicyclic) bond motifs is 1. The number of hydrogen-bond donors (Lipinski definition) is 0. The van der Waals surface area contributed by atoms with Gasteiger partial charge in [0, 0.05) is 17.8 Å². The van der Waals surface area contributed by atoms with Crippen molar-refractivity contribution in [3.05, 3.63) is 35.5 Å². The highest BCUT2D eigenvalue weighted by Gasteiger charge is 2.08. The molecule has 0 aliphatic carbocycles. The SMILES string of the molecule is Cc1ccnc2cc(-c3nccs3)sc12. The predicted molar refractivity (Wildman–Crippen MR) is 65.5 cm³/mol. The normalized spacial score (nSPS) is 11.0. The number of thiophene rings is 1. The zero-order valence-corrected chi connectivity index (χ0v) is 9.73. The van der Waals surface area contributed by atoms with Gasteiger partial charge < -0.3 is 0 Å². The standard InChI is InChI=1S/C11H8N2S2/c1-7-2-3-12-8-6-9(15-10(7)8)11-13-4-5-14-11/h2-6H,1H3. The van der Waals surface area contributed by atoms with Crippen LogP contribution in [0.3, 0.4) is 0 Å². The molecule has 0 fully saturated rings. The van der Waals surface area contributed by atoms with Crippen LogP contribution in [-0.2, 0) is 0 Å². The molecule has 0 spiro atoms. The van der Waals surface area contributed by atoms with Gasteiger partial charge in [-0.1, -0.05) is 0 Å². The minimum absolute atomic E-state index is 1.07. The van der Waals surface area contributed by atoms with Crippen LogP contribution in [0.25, 0.3) is 20.1 Å². The van der Waals surface area contributed by atoms with Crippen LogP contribution < -0.4 is 0 Å². The van der Waals surface area contributed by atoms with Crippen LogP contribution in [0.1, 0.15) is 5.56 Å². The van der Waals surface area contributed by atoms with Gasteiger partial charge in [0.05, 0.1) is 15.1 Å². The minimum Gasteiger partial charge on any atom is -0.255 e. The van der Waals surface area contributed by atoms with E-state index in [0.717, 1.165) is 10.5 Å². The number of pyridine rings is 1. The minimum atomic E-state index is 1.07. The molecule has 0 N–H and O–H groups in total. The molecule has 0 aliphatic rings. The maximum absolute atomic E-state index is 4.36. The summed E-state index contributed by atoms with van der Waals surface area (Å²) in [6.07, 6.45) is 3.70. The number of aryl methyl sites for hydroxylation is 1. The monoisotopic (exact) mass is 232 g/mol. The summed E-state index contributed by atoms with van der Waals surface area (Å²) in [4.78, 5) is 9.88. The van der Waals surface area contributed by atoms with Crippen molar-refractivity contribution in [2.75, 3.05) is 0 Å². The van der Waals surface area contributed by atoms with Crippen molar-refractivity contribution < 1.29 is 0 Å². The second kappa shape index (κ2) is 3.40. The van der Waals surface area contributed by atoms with Crippen LogP contribution >= 0.6 is 22.7 Å². The highest BCUT2D eigenvalue weighted by molar-refractivity contribution is 7.25. The molecule has 3 aromatic heterocycles. The van der Waals surface area contributed by atoms with Gasteiger partial charge in [-0.15, -0.1) is 22.7 Å². The summed E-state index contributed by atoms with van der Waals surface area (Å²) in [5.74, 6) is 0. The summed E-state index contributed by atoms with van der Waals surface area (Å²) in [6, 6.07) is 4.16. The molecular weight excluding hydrogens is 224 g/mol. The van der Waals surface area contributed by atoms with Gasteiger partial charge >= 0.3 is 0 Å². The van der Waals surface area contributed by atoms with Gasteiger partial charge in [0.15, 0.2) is 0 Å². The largest absolute Gasteiger partial charge is 0.255 e. The Morgan fingerprint density at radius 1 is 1.20 bits per heavy atom. The molecule has 0 atom stereocenters. The third-order valence-electron chi connectivity index (χ3n) is 2.25. The number of aromatic nitrogens is 2. The molecule has 0 aromatic carbocycles. The van der Waals surface area contributed by atoms with Crippen molar-refractivity contribution in [1.29, 1.82) is 0 Å². The fourth-order valence-electron chi connectivity index (χ4n) is 1.52. The van der Waals surface area contributed by atoms with Crippen molar-refractivity contribution >= 4 is 32.9 Å². The first kappa shape index (κ1) is 9.00. The third-order valence-corrected chi connectivity index (χ3v) is 4.45. The molecule has 0 saturated carbocycles. The molecule has 4 heteroatoms. The topological polar surface area (TPSA) is 25.8 Å². The lowest BCUT2D eigenvalue weighted by Crippen LogP contribution is -1.74. The molecule has 15 heavy (non-hydrogen) atoms. The van der Waals surface area contributed by atoms with Crippen LogP contribution in [0.4, 0.5) is 0 Å². The second-order valence-electron chi connectivity index (χ2n) is 3.29. The lowest BCUT2D eigenvalue weighted by molar-refractivity contribution is 1.38. The van der Waals surface area contributed by atoms with E-state index < -0.39 is 0 Å². The summed E-state index contributed by atoms with van der Waals surface area (Å²) < 4.78 is 1.27. The second-order valence-corrected chi connectivity index (χ2v) is 5.24. The zero-order valence-electron chi connectivity index (χ0n) is 8.10. The molecular formula is C11H8N2S2. The van der Waals surface area contributed by atoms with Gasteiger partial charge in [-0.05, 0) is 24.6 Å². The van der Waals surface area contributed by atoms with Gasteiger partial charge in [-0.2, -0.15) is 0 Å². The van der Waals surface area contributed by atoms with E-state index in [0.29, 0.717) is 0 Å². The van der Waals surface area contributed by atoms with Gasteiger partial charge in [0.2, 0.25) is 0 Å². The van der Waals surface area contributed by atoms with Crippen molar-refractivity contribution in [2.24, 2.45) is 0 Å². The molecule has 0 radical (unpaired) electrons. The highest BCUT2D eigenvalue weighted by Crippen LogP contribution is 2.34. The average molecular weight is 232 g/mol. The molecule has 74 valence electrons. The van der Waals surface area contributed by atoms with Crippen LogP contribution in [-0.4, -0.2) is 9.97 Å². The molecule has 0 aliphatic heterocycles. The lowest BCUT2D eigenvalue weighted by Gasteiger charge is -1.91. The molecule has 0 unspecified atom stereocenters. The maximum atomic E-state index is 4.36. The first-order chi connectivity index (χ1) is 7.34. The Bertz CT molecular complexity index is 596. The Morgan fingerprint density at radius 2 is 2.13 bits per heavy atom. The van der Waals surface area contributed by atoms with E-state index in [1.54, 1.807) is 22.7 Å². The first-order valence-electron chi connectivity index (χ1n) is 4.59. The summed E-state index contributed by atoms with van der Waals surface area (Å²) >= 11 is 3.44. The summed E-state index contributed by atoms with van der Waals surface area (Å²) in [5, 5.41) is 3.08. The van der Waals surface area contributed by atoms with E-state index in [9.17, 15) is 0 Å². The number of rotatable bonds is 1. The van der Waals surface area contributed by atoms with Crippen LogP contribution in [0.5, 0.6) is 0 Å². The Labute approximate surface area is 95.3 Å². The Morgan fingerprint density at radius 3 is 2.87 bits per heavy atom. The molecule has 3 rings (SSSR count). The zero-order chi connectivity index (χ0) is 10.3. The van der Waals surface area contributed by atoms with E-state index in [1.807, 2.05) is 23.8 Å². The summed E-state index contributed by atoms with van der Waals surface area (Å²) in [5.41, 5.74) is 2.36. The summed E-state index contributed by atoms with van der Waals surface area (Å²) in [6.45, 7) is 2.12. The molecule has 2 nitrogen and oxygen atoms in total. The maximum Gasteiger partial charge on any atom is 0.133 e. The van der Waals surface area contributed by atoms with E-state index in [2.05, 4.69) is 23.0 Å². The van der Waals surface area contributed by atoms with Crippen molar-refractivity contribution in [1.82, 2.24) is 9.97 Å². The Hall–Kier alpha value is -1.26. The number of hydrogen-bond acceptors (Lipinski definition) is 4. The molecule has 0 bridgehead atoms. The van der Waals surface area contributed by atoms with E-state index in [-0.39, 0.29) is 0 Å². The quantitative estimate of drug-likeness (QED) is 0.639. The third kappa shape index (κ3) is 1.46. The fourth-order valence-corrected chi connectivity index (χ4v) is 3.31. The van der Waals surface area contributed by atoms with Gasteiger partial charge in [-0.3, -0.25) is 4.98 Å². The van der Waals surface area contributed by atoms with Crippen LogP contribution in [0, 0.1) is 6.92 Å². The highest BCUT2D eigenvalue weighted by atomic mass is 32.1. The van der Waals surface area contributed by atoms with Gasteiger partial charge in [0.25, 0.3) is 0 Å². The van der Waals surface area contributed by atoms with Gasteiger partial charge in [-0.25, -0.2) is 4.98 Å². The Balaban J connectivity index is 2.27. The molecule has 3 heterocycles. The van der Waals surface area contributed by atoms with Crippen LogP contribution in [0.15, 0.2) is 29.9 Å². The number of thiazole rings is 1. The molecule has 3 aromatic rings. The van der Waals surface area contributed by atoms with E-state index in [1.165, 1.54) is 15.1 Å². The smallest absolute Gasteiger partial charge is 0.133 e. The predicted octanol–water partition coefficient (Wildman–Crippen LogP) is 3.73. The van der Waals surface area contributed by atoms with E-state index in [4.69, 9.17) is 0 Å². The molecule has 0 amide bonds. The Kier molecular flexibility index (Phi) is 2.04. The molecule has 0 saturated heterocycles. The van der Waals surface area contributed by atoms with Crippen molar-refractivity contribution in [3.63, 3.8) is 0 Å². The van der Waals surface area contributed by atoms with Crippen LogP contribution in [0.2, 0.25) is 0 Å². The first-order valence-corrected chi connectivity index (χ1v) is 6.29. The van der Waals surface area contributed by atoms with Crippen molar-refractivity contribution in [2.45, 2.75) is 6.92 Å². The lowest BCUT2D eigenvalue weighted by atomic mass is 10.3. The van der Waals surface area contributed by atoms with E-state index >= 15 is 0 Å². The number of nitrogens with zero attached hydrogens (tertiary/aromatic N) is 2. The fraction of sp³-hybridized carbons (Fsp3) is 0.0909. The average Bonchev–Trinajstić information content (AvgIpc) is 2.86. The van der Waals surface area contributed by atoms with Crippen molar-refractivity contribution in [3.8, 4) is 9.88 Å². The van der Waals surface area contributed by atoms with Gasteiger partial charge in [0.1, 0.15) is 5.01 Å².